The molecule has 1 unspecified atom stereocenters. The topological polar surface area (TPSA) is 45.1 Å². The minimum absolute atomic E-state index is 0.215. The number of nitrogens with one attached hydrogen (secondary N) is 1. The van der Waals surface area contributed by atoms with Crippen LogP contribution in [0.5, 0.6) is 0 Å². The number of pyridine rings is 1. The van der Waals surface area contributed by atoms with Gasteiger partial charge in [0.05, 0.1) is 6.10 Å². The summed E-state index contributed by atoms with van der Waals surface area (Å²) in [7, 11) is 0. The van der Waals surface area contributed by atoms with Crippen LogP contribution < -0.4 is 5.32 Å². The van der Waals surface area contributed by atoms with E-state index in [9.17, 15) is 5.11 Å². The van der Waals surface area contributed by atoms with Crippen molar-refractivity contribution in [1.29, 1.82) is 0 Å². The minimum atomic E-state index is -0.215. The Morgan fingerprint density at radius 1 is 1.60 bits per heavy atom. The molecular formula is C11H17BrN2O. The maximum absolute atomic E-state index is 9.38. The molecule has 0 amide bonds. The molecule has 0 fully saturated rings. The second kappa shape index (κ2) is 6.08. The highest BCUT2D eigenvalue weighted by Crippen LogP contribution is 2.16. The first-order valence-electron chi connectivity index (χ1n) is 5.17. The van der Waals surface area contributed by atoms with Gasteiger partial charge in [0.25, 0.3) is 0 Å². The number of rotatable bonds is 5. The van der Waals surface area contributed by atoms with E-state index in [1.54, 1.807) is 6.20 Å². The van der Waals surface area contributed by atoms with Crippen LogP contribution in [0.2, 0.25) is 0 Å². The zero-order chi connectivity index (χ0) is 11.3. The van der Waals surface area contributed by atoms with Crippen LogP contribution in [0, 0.1) is 6.92 Å². The van der Waals surface area contributed by atoms with E-state index in [2.05, 4.69) is 26.2 Å². The molecule has 84 valence electrons. The third kappa shape index (κ3) is 4.18. The number of halogens is 1. The summed E-state index contributed by atoms with van der Waals surface area (Å²) in [5.41, 5.74) is 1.11. The first-order valence-corrected chi connectivity index (χ1v) is 5.97. The highest BCUT2D eigenvalue weighted by atomic mass is 79.9. The molecule has 1 heterocycles. The lowest BCUT2D eigenvalue weighted by atomic mass is 10.2. The Morgan fingerprint density at radius 2 is 2.33 bits per heavy atom. The van der Waals surface area contributed by atoms with E-state index in [0.29, 0.717) is 0 Å². The van der Waals surface area contributed by atoms with E-state index in [-0.39, 0.29) is 6.10 Å². The van der Waals surface area contributed by atoms with Crippen LogP contribution in [0.4, 0.5) is 5.82 Å². The Labute approximate surface area is 99.1 Å². The summed E-state index contributed by atoms with van der Waals surface area (Å²) in [6, 6.07) is 2.02. The van der Waals surface area contributed by atoms with Crippen LogP contribution in [0.25, 0.3) is 0 Å². The summed E-state index contributed by atoms with van der Waals surface area (Å²) >= 11 is 3.37. The smallest absolute Gasteiger partial charge is 0.128 e. The van der Waals surface area contributed by atoms with Gasteiger partial charge in [-0.2, -0.15) is 0 Å². The number of hydrogen-bond acceptors (Lipinski definition) is 3. The Bertz CT molecular complexity index is 317. The number of aromatic nitrogens is 1. The first-order chi connectivity index (χ1) is 7.13. The van der Waals surface area contributed by atoms with Gasteiger partial charge in [-0.3, -0.25) is 0 Å². The normalized spacial score (nSPS) is 12.5. The number of aliphatic hydroxyl groups is 1. The van der Waals surface area contributed by atoms with E-state index >= 15 is 0 Å². The SMILES string of the molecule is CCC(O)CCNc1ncc(Br)cc1C. The molecule has 2 N–H and O–H groups in total. The molecule has 3 nitrogen and oxygen atoms in total. The maximum atomic E-state index is 9.38. The van der Waals surface area contributed by atoms with Gasteiger partial charge in [-0.15, -0.1) is 0 Å². The van der Waals surface area contributed by atoms with Crippen LogP contribution in [0.1, 0.15) is 25.3 Å². The van der Waals surface area contributed by atoms with Crippen LogP contribution >= 0.6 is 15.9 Å². The summed E-state index contributed by atoms with van der Waals surface area (Å²) in [4.78, 5) is 4.26. The van der Waals surface area contributed by atoms with Crippen molar-refractivity contribution in [3.05, 3.63) is 22.3 Å². The quantitative estimate of drug-likeness (QED) is 0.867. The zero-order valence-electron chi connectivity index (χ0n) is 9.13. The third-order valence-corrected chi connectivity index (χ3v) is 2.72. The lowest BCUT2D eigenvalue weighted by Gasteiger charge is -2.11. The zero-order valence-corrected chi connectivity index (χ0v) is 10.7. The molecule has 0 bridgehead atoms. The van der Waals surface area contributed by atoms with Gasteiger partial charge in [0, 0.05) is 17.2 Å². The second-order valence-electron chi connectivity index (χ2n) is 3.60. The second-order valence-corrected chi connectivity index (χ2v) is 4.51. The van der Waals surface area contributed by atoms with Crippen LogP contribution in [0.3, 0.4) is 0 Å². The largest absolute Gasteiger partial charge is 0.393 e. The number of aryl methyl sites for hydroxylation is 1. The van der Waals surface area contributed by atoms with Crippen LogP contribution in [-0.2, 0) is 0 Å². The predicted molar refractivity (Wildman–Crippen MR) is 66.1 cm³/mol. The first kappa shape index (κ1) is 12.5. The molecule has 1 rings (SSSR count). The fourth-order valence-electron chi connectivity index (χ4n) is 1.29. The predicted octanol–water partition coefficient (Wildman–Crippen LogP) is 2.73. The Kier molecular flexibility index (Phi) is 5.05. The maximum Gasteiger partial charge on any atom is 0.128 e. The summed E-state index contributed by atoms with van der Waals surface area (Å²) < 4.78 is 0.985. The molecule has 0 saturated heterocycles. The van der Waals surface area contributed by atoms with Crippen molar-refractivity contribution < 1.29 is 5.11 Å². The highest BCUT2D eigenvalue weighted by molar-refractivity contribution is 9.10. The molecule has 0 aliphatic carbocycles. The van der Waals surface area contributed by atoms with Gasteiger partial charge in [-0.1, -0.05) is 6.92 Å². The average Bonchev–Trinajstić information content (AvgIpc) is 2.21. The van der Waals surface area contributed by atoms with Crippen molar-refractivity contribution in [1.82, 2.24) is 4.98 Å². The minimum Gasteiger partial charge on any atom is -0.393 e. The van der Waals surface area contributed by atoms with E-state index in [4.69, 9.17) is 0 Å². The molecular weight excluding hydrogens is 256 g/mol. The van der Waals surface area contributed by atoms with Crippen molar-refractivity contribution in [3.63, 3.8) is 0 Å². The lowest BCUT2D eigenvalue weighted by Crippen LogP contribution is -2.13. The number of aliphatic hydroxyl groups excluding tert-OH is 1. The molecule has 0 aromatic carbocycles. The van der Waals surface area contributed by atoms with Gasteiger partial charge in [0.2, 0.25) is 0 Å². The third-order valence-electron chi connectivity index (χ3n) is 2.29. The van der Waals surface area contributed by atoms with Gasteiger partial charge in [0.1, 0.15) is 5.82 Å². The van der Waals surface area contributed by atoms with Crippen molar-refractivity contribution in [2.45, 2.75) is 32.8 Å². The molecule has 0 aliphatic rings. The number of hydrogen-bond donors (Lipinski definition) is 2. The monoisotopic (exact) mass is 272 g/mol. The highest BCUT2D eigenvalue weighted by Gasteiger charge is 2.02. The molecule has 1 aromatic heterocycles. The summed E-state index contributed by atoms with van der Waals surface area (Å²) in [5.74, 6) is 0.890. The Hall–Kier alpha value is -0.610. The molecule has 1 atom stereocenters. The van der Waals surface area contributed by atoms with Gasteiger partial charge < -0.3 is 10.4 Å². The van der Waals surface area contributed by atoms with Crippen molar-refractivity contribution in [3.8, 4) is 0 Å². The summed E-state index contributed by atoms with van der Waals surface area (Å²) in [6.45, 7) is 4.74. The van der Waals surface area contributed by atoms with Crippen LogP contribution in [-0.4, -0.2) is 22.7 Å². The molecule has 0 spiro atoms. The summed E-state index contributed by atoms with van der Waals surface area (Å²) in [6.07, 6.45) is 3.11. The Morgan fingerprint density at radius 3 is 2.93 bits per heavy atom. The number of nitrogens with zero attached hydrogens (tertiary/aromatic N) is 1. The van der Waals surface area contributed by atoms with E-state index in [1.807, 2.05) is 19.9 Å². The van der Waals surface area contributed by atoms with Gasteiger partial charge in [-0.25, -0.2) is 4.98 Å². The fraction of sp³-hybridized carbons (Fsp3) is 0.545. The number of anilines is 1. The Balaban J connectivity index is 2.44. The molecule has 0 radical (unpaired) electrons. The van der Waals surface area contributed by atoms with Crippen molar-refractivity contribution in [2.24, 2.45) is 0 Å². The van der Waals surface area contributed by atoms with E-state index < -0.39 is 0 Å². The molecule has 15 heavy (non-hydrogen) atoms. The molecule has 0 aliphatic heterocycles. The molecule has 4 heteroatoms. The fourth-order valence-corrected chi connectivity index (χ4v) is 1.73. The average molecular weight is 273 g/mol. The molecule has 1 aromatic rings. The lowest BCUT2D eigenvalue weighted by molar-refractivity contribution is 0.164. The summed E-state index contributed by atoms with van der Waals surface area (Å²) in [5, 5.41) is 12.6. The van der Waals surface area contributed by atoms with E-state index in [1.165, 1.54) is 0 Å². The van der Waals surface area contributed by atoms with Crippen molar-refractivity contribution >= 4 is 21.7 Å². The van der Waals surface area contributed by atoms with Crippen LogP contribution in [0.15, 0.2) is 16.7 Å². The van der Waals surface area contributed by atoms with Gasteiger partial charge in [-0.05, 0) is 47.3 Å². The van der Waals surface area contributed by atoms with E-state index in [0.717, 1.165) is 35.2 Å². The van der Waals surface area contributed by atoms with Crippen molar-refractivity contribution in [2.75, 3.05) is 11.9 Å². The van der Waals surface area contributed by atoms with Gasteiger partial charge in [0.15, 0.2) is 0 Å². The van der Waals surface area contributed by atoms with Gasteiger partial charge >= 0.3 is 0 Å². The molecule has 0 saturated carbocycles. The standard InChI is InChI=1S/C11H17BrN2O/c1-3-10(15)4-5-13-11-8(2)6-9(12)7-14-11/h6-7,10,15H,3-5H2,1-2H3,(H,13,14).